The van der Waals surface area contributed by atoms with E-state index in [1.807, 2.05) is 0 Å². The lowest BCUT2D eigenvalue weighted by atomic mass is 9.99. The predicted molar refractivity (Wildman–Crippen MR) is 70.5 cm³/mol. The number of amides is 1. The lowest BCUT2D eigenvalue weighted by Gasteiger charge is -2.21. The van der Waals surface area contributed by atoms with Crippen molar-refractivity contribution in [2.45, 2.75) is 26.0 Å². The topological polar surface area (TPSA) is 50.4 Å². The standard InChI is InChI=1S/C14H18F2N2O2/c15-14(16)20-12-5-3-10(4-6-12)8-18-13(19)11-2-1-7-17-9-11/h3-6,11,14,17H,1-2,7-9H2,(H,18,19)/t11-/m0/s1. The van der Waals surface area contributed by atoms with Crippen LogP contribution >= 0.6 is 0 Å². The Morgan fingerprint density at radius 1 is 1.40 bits per heavy atom. The number of ether oxygens (including phenoxy) is 1. The molecule has 1 aliphatic heterocycles. The van der Waals surface area contributed by atoms with E-state index in [4.69, 9.17) is 0 Å². The van der Waals surface area contributed by atoms with Crippen LogP contribution in [0.4, 0.5) is 8.78 Å². The highest BCUT2D eigenvalue weighted by molar-refractivity contribution is 5.78. The fourth-order valence-corrected chi connectivity index (χ4v) is 2.20. The Bertz CT molecular complexity index is 431. The summed E-state index contributed by atoms with van der Waals surface area (Å²) >= 11 is 0. The summed E-state index contributed by atoms with van der Waals surface area (Å²) < 4.78 is 28.3. The van der Waals surface area contributed by atoms with E-state index < -0.39 is 6.61 Å². The molecule has 1 atom stereocenters. The third-order valence-electron chi connectivity index (χ3n) is 3.28. The quantitative estimate of drug-likeness (QED) is 0.868. The Balaban J connectivity index is 1.79. The summed E-state index contributed by atoms with van der Waals surface area (Å²) in [6.45, 7) is -0.744. The van der Waals surface area contributed by atoms with Crippen LogP contribution in [0, 0.1) is 5.92 Å². The van der Waals surface area contributed by atoms with E-state index in [-0.39, 0.29) is 17.6 Å². The van der Waals surface area contributed by atoms with Crippen LogP contribution in [0.1, 0.15) is 18.4 Å². The van der Waals surface area contributed by atoms with Crippen molar-refractivity contribution in [3.05, 3.63) is 29.8 Å². The van der Waals surface area contributed by atoms with Gasteiger partial charge in [0.1, 0.15) is 5.75 Å². The average Bonchev–Trinajstić information content (AvgIpc) is 2.46. The second-order valence-corrected chi connectivity index (χ2v) is 4.78. The van der Waals surface area contributed by atoms with Gasteiger partial charge in [0.05, 0.1) is 5.92 Å². The van der Waals surface area contributed by atoms with Crippen LogP contribution in [-0.2, 0) is 11.3 Å². The van der Waals surface area contributed by atoms with Crippen LogP contribution in [0.2, 0.25) is 0 Å². The lowest BCUT2D eigenvalue weighted by Crippen LogP contribution is -2.40. The summed E-state index contributed by atoms with van der Waals surface area (Å²) in [5.41, 5.74) is 0.851. The molecule has 4 nitrogen and oxygen atoms in total. The minimum absolute atomic E-state index is 0.0187. The van der Waals surface area contributed by atoms with Gasteiger partial charge in [-0.25, -0.2) is 0 Å². The molecule has 2 N–H and O–H groups in total. The van der Waals surface area contributed by atoms with E-state index in [1.54, 1.807) is 12.1 Å². The minimum Gasteiger partial charge on any atom is -0.435 e. The maximum Gasteiger partial charge on any atom is 0.387 e. The molecule has 0 spiro atoms. The number of carbonyl (C=O) groups excluding carboxylic acids is 1. The van der Waals surface area contributed by atoms with Crippen LogP contribution in [0.25, 0.3) is 0 Å². The van der Waals surface area contributed by atoms with Crippen LogP contribution in [0.5, 0.6) is 5.75 Å². The molecular weight excluding hydrogens is 266 g/mol. The van der Waals surface area contributed by atoms with Gasteiger partial charge < -0.3 is 15.4 Å². The van der Waals surface area contributed by atoms with E-state index >= 15 is 0 Å². The van der Waals surface area contributed by atoms with E-state index in [1.165, 1.54) is 12.1 Å². The van der Waals surface area contributed by atoms with Gasteiger partial charge in [-0.3, -0.25) is 4.79 Å². The molecule has 6 heteroatoms. The molecule has 1 aromatic rings. The van der Waals surface area contributed by atoms with Crippen molar-refractivity contribution in [2.75, 3.05) is 13.1 Å². The van der Waals surface area contributed by atoms with Crippen molar-refractivity contribution >= 4 is 5.91 Å². The monoisotopic (exact) mass is 284 g/mol. The number of halogens is 2. The molecule has 0 unspecified atom stereocenters. The first-order valence-electron chi connectivity index (χ1n) is 6.67. The zero-order chi connectivity index (χ0) is 14.4. The van der Waals surface area contributed by atoms with Crippen molar-refractivity contribution in [3.8, 4) is 5.75 Å². The predicted octanol–water partition coefficient (Wildman–Crippen LogP) is 1.90. The van der Waals surface area contributed by atoms with Crippen molar-refractivity contribution in [1.29, 1.82) is 0 Å². The zero-order valence-corrected chi connectivity index (χ0v) is 11.1. The van der Waals surface area contributed by atoms with Gasteiger partial charge in [0.2, 0.25) is 5.91 Å². The molecule has 2 rings (SSSR count). The molecule has 0 aliphatic carbocycles. The number of hydrogen-bond acceptors (Lipinski definition) is 3. The van der Waals surface area contributed by atoms with Crippen molar-refractivity contribution < 1.29 is 18.3 Å². The van der Waals surface area contributed by atoms with Gasteiger partial charge in [0.15, 0.2) is 0 Å². The molecule has 1 aliphatic rings. The molecule has 0 aromatic heterocycles. The Labute approximate surface area is 116 Å². The van der Waals surface area contributed by atoms with Crippen molar-refractivity contribution in [1.82, 2.24) is 10.6 Å². The molecule has 0 radical (unpaired) electrons. The van der Waals surface area contributed by atoms with Gasteiger partial charge >= 0.3 is 6.61 Å². The summed E-state index contributed by atoms with van der Waals surface area (Å²) in [6, 6.07) is 6.26. The minimum atomic E-state index is -2.82. The largest absolute Gasteiger partial charge is 0.435 e. The van der Waals surface area contributed by atoms with E-state index in [2.05, 4.69) is 15.4 Å². The highest BCUT2D eigenvalue weighted by Crippen LogP contribution is 2.15. The SMILES string of the molecule is O=C(NCc1ccc(OC(F)F)cc1)[C@H]1CCCNC1. The fourth-order valence-electron chi connectivity index (χ4n) is 2.20. The van der Waals surface area contributed by atoms with Gasteiger partial charge in [0, 0.05) is 13.1 Å². The van der Waals surface area contributed by atoms with Gasteiger partial charge in [-0.2, -0.15) is 8.78 Å². The number of nitrogens with one attached hydrogen (secondary N) is 2. The first-order chi connectivity index (χ1) is 9.65. The summed E-state index contributed by atoms with van der Waals surface area (Å²) in [5, 5.41) is 6.05. The average molecular weight is 284 g/mol. The Hall–Kier alpha value is -1.69. The van der Waals surface area contributed by atoms with Crippen LogP contribution in [0.15, 0.2) is 24.3 Å². The third-order valence-corrected chi connectivity index (χ3v) is 3.28. The van der Waals surface area contributed by atoms with E-state index in [0.717, 1.165) is 24.9 Å². The maximum absolute atomic E-state index is 12.0. The van der Waals surface area contributed by atoms with Crippen molar-refractivity contribution in [2.24, 2.45) is 5.92 Å². The number of carbonyl (C=O) groups is 1. The molecule has 1 heterocycles. The molecule has 1 aromatic carbocycles. The summed E-state index contributed by atoms with van der Waals surface area (Å²) in [4.78, 5) is 11.9. The Morgan fingerprint density at radius 2 is 2.15 bits per heavy atom. The number of rotatable bonds is 5. The number of piperidine rings is 1. The van der Waals surface area contributed by atoms with Gasteiger partial charge in [0.25, 0.3) is 0 Å². The molecule has 0 bridgehead atoms. The van der Waals surface area contributed by atoms with Gasteiger partial charge in [-0.1, -0.05) is 12.1 Å². The number of benzene rings is 1. The Kier molecular flexibility index (Phi) is 5.29. The van der Waals surface area contributed by atoms with Crippen molar-refractivity contribution in [3.63, 3.8) is 0 Å². The van der Waals surface area contributed by atoms with Crippen LogP contribution in [0.3, 0.4) is 0 Å². The molecule has 110 valence electrons. The van der Waals surface area contributed by atoms with Gasteiger partial charge in [-0.15, -0.1) is 0 Å². The normalized spacial score (nSPS) is 18.9. The molecule has 1 amide bonds. The smallest absolute Gasteiger partial charge is 0.387 e. The molecule has 1 saturated heterocycles. The third kappa shape index (κ3) is 4.45. The number of alkyl halides is 2. The highest BCUT2D eigenvalue weighted by atomic mass is 19.3. The summed E-state index contributed by atoms with van der Waals surface area (Å²) in [5.74, 6) is 0.168. The zero-order valence-electron chi connectivity index (χ0n) is 11.1. The maximum atomic E-state index is 12.0. The fraction of sp³-hybridized carbons (Fsp3) is 0.500. The summed E-state index contributed by atoms with van der Waals surface area (Å²) in [6.07, 6.45) is 1.91. The van der Waals surface area contributed by atoms with Crippen LogP contribution in [-0.4, -0.2) is 25.6 Å². The Morgan fingerprint density at radius 3 is 2.75 bits per heavy atom. The van der Waals surface area contributed by atoms with Gasteiger partial charge in [-0.05, 0) is 37.1 Å². The molecule has 20 heavy (non-hydrogen) atoms. The number of hydrogen-bond donors (Lipinski definition) is 2. The lowest BCUT2D eigenvalue weighted by molar-refractivity contribution is -0.125. The first kappa shape index (κ1) is 14.7. The van der Waals surface area contributed by atoms with E-state index in [0.29, 0.717) is 13.1 Å². The second kappa shape index (κ2) is 7.19. The first-order valence-corrected chi connectivity index (χ1v) is 6.67. The van der Waals surface area contributed by atoms with E-state index in [9.17, 15) is 13.6 Å². The highest BCUT2D eigenvalue weighted by Gasteiger charge is 2.20. The molecule has 1 fully saturated rings. The molecular formula is C14H18F2N2O2. The second-order valence-electron chi connectivity index (χ2n) is 4.78. The van der Waals surface area contributed by atoms with Crippen LogP contribution < -0.4 is 15.4 Å². The summed E-state index contributed by atoms with van der Waals surface area (Å²) in [7, 11) is 0. The molecule has 0 saturated carbocycles.